The van der Waals surface area contributed by atoms with Crippen molar-refractivity contribution >= 4 is 28.6 Å². The van der Waals surface area contributed by atoms with Crippen LogP contribution in [-0.2, 0) is 13.0 Å². The molecule has 1 aliphatic carbocycles. The maximum Gasteiger partial charge on any atom is 0.274 e. The van der Waals surface area contributed by atoms with E-state index in [2.05, 4.69) is 39.6 Å². The average Bonchev–Trinajstić information content (AvgIpc) is 2.65. The second-order valence-electron chi connectivity index (χ2n) is 6.09. The first kappa shape index (κ1) is 15.3. The maximum absolute atomic E-state index is 12.5. The number of hydrogen-bond donors (Lipinski definition) is 2. The van der Waals surface area contributed by atoms with E-state index in [-0.39, 0.29) is 17.4 Å². The number of nitrogens with two attached hydrogens (primary N) is 1. The molecule has 3 N–H and O–H groups in total. The summed E-state index contributed by atoms with van der Waals surface area (Å²) in [6.07, 6.45) is 5.66. The monoisotopic (exact) mass is 330 g/mol. The minimum absolute atomic E-state index is 0.185. The number of nitrogens with zero attached hydrogens (tertiary/aromatic N) is 2. The van der Waals surface area contributed by atoms with Crippen LogP contribution in [0.25, 0.3) is 16.8 Å². The van der Waals surface area contributed by atoms with Gasteiger partial charge < -0.3 is 11.1 Å². The summed E-state index contributed by atoms with van der Waals surface area (Å²) in [4.78, 5) is 21.2. The molecule has 5 nitrogen and oxygen atoms in total. The van der Waals surface area contributed by atoms with Gasteiger partial charge in [0.15, 0.2) is 11.5 Å². The third kappa shape index (κ3) is 3.08. The van der Waals surface area contributed by atoms with Gasteiger partial charge in [0.1, 0.15) is 0 Å². The predicted octanol–water partition coefficient (Wildman–Crippen LogP) is 3.10. The van der Waals surface area contributed by atoms with E-state index in [1.165, 1.54) is 5.39 Å². The lowest BCUT2D eigenvalue weighted by atomic mass is 10.1. The number of aromatic nitrogens is 2. The van der Waals surface area contributed by atoms with Crippen molar-refractivity contribution in [3.8, 4) is 0 Å². The molecule has 1 heterocycles. The van der Waals surface area contributed by atoms with Gasteiger partial charge in [0.05, 0.1) is 11.4 Å². The fourth-order valence-electron chi connectivity index (χ4n) is 3.01. The molecule has 124 valence electrons. The Hall–Kier alpha value is -3.21. The molecular weight excluding hydrogens is 312 g/mol. The van der Waals surface area contributed by atoms with E-state index < -0.39 is 0 Å². The van der Waals surface area contributed by atoms with E-state index in [9.17, 15) is 4.79 Å². The Morgan fingerprint density at radius 1 is 1.12 bits per heavy atom. The molecule has 5 heteroatoms. The van der Waals surface area contributed by atoms with E-state index in [0.29, 0.717) is 6.54 Å². The molecular formula is C20H18N4O. The van der Waals surface area contributed by atoms with Crippen molar-refractivity contribution < 1.29 is 4.79 Å². The Kier molecular flexibility index (Phi) is 3.90. The minimum atomic E-state index is -0.306. The van der Waals surface area contributed by atoms with E-state index in [0.717, 1.165) is 35.2 Å². The minimum Gasteiger partial charge on any atom is -0.382 e. The molecule has 0 unspecified atom stereocenters. The summed E-state index contributed by atoms with van der Waals surface area (Å²) in [6.45, 7) is 0.414. The Balaban J connectivity index is 1.53. The van der Waals surface area contributed by atoms with Gasteiger partial charge in [-0.2, -0.15) is 0 Å². The molecule has 0 saturated heterocycles. The number of carbonyl (C=O) groups excluding carboxylic acids is 1. The van der Waals surface area contributed by atoms with Gasteiger partial charge >= 0.3 is 0 Å². The van der Waals surface area contributed by atoms with E-state index in [1.54, 1.807) is 0 Å². The fraction of sp³-hybridized carbons (Fsp3) is 0.150. The van der Waals surface area contributed by atoms with Gasteiger partial charge in [0, 0.05) is 6.54 Å². The summed E-state index contributed by atoms with van der Waals surface area (Å²) >= 11 is 0. The molecule has 0 spiro atoms. The van der Waals surface area contributed by atoms with Crippen LogP contribution < -0.4 is 11.1 Å². The van der Waals surface area contributed by atoms with Crippen LogP contribution >= 0.6 is 0 Å². The third-order valence-corrected chi connectivity index (χ3v) is 4.33. The molecule has 0 radical (unpaired) electrons. The molecule has 1 aromatic heterocycles. The number of rotatable bonds is 3. The number of allylic oxidation sites excluding steroid dienone is 1. The largest absolute Gasteiger partial charge is 0.382 e. The Morgan fingerprint density at radius 3 is 2.84 bits per heavy atom. The number of nitrogen functional groups attached to an aromatic ring is 1. The number of nitrogens with one attached hydrogen (secondary N) is 1. The first-order chi connectivity index (χ1) is 12.2. The van der Waals surface area contributed by atoms with Crippen LogP contribution in [0.1, 0.15) is 33.9 Å². The van der Waals surface area contributed by atoms with E-state index in [1.807, 2.05) is 30.4 Å². The van der Waals surface area contributed by atoms with E-state index >= 15 is 0 Å². The van der Waals surface area contributed by atoms with Crippen molar-refractivity contribution in [2.75, 3.05) is 5.73 Å². The molecule has 1 amide bonds. The van der Waals surface area contributed by atoms with Crippen LogP contribution in [0.3, 0.4) is 0 Å². The van der Waals surface area contributed by atoms with Crippen molar-refractivity contribution in [3.63, 3.8) is 0 Å². The highest BCUT2D eigenvalue weighted by Gasteiger charge is 2.17. The topological polar surface area (TPSA) is 80.9 Å². The predicted molar refractivity (Wildman–Crippen MR) is 98.9 cm³/mol. The van der Waals surface area contributed by atoms with Crippen LogP contribution in [0.4, 0.5) is 5.82 Å². The van der Waals surface area contributed by atoms with Gasteiger partial charge in [-0.05, 0) is 41.3 Å². The third-order valence-electron chi connectivity index (χ3n) is 4.33. The molecule has 0 aliphatic heterocycles. The molecule has 0 atom stereocenters. The zero-order chi connectivity index (χ0) is 17.2. The first-order valence-electron chi connectivity index (χ1n) is 8.29. The van der Waals surface area contributed by atoms with Crippen LogP contribution in [0.15, 0.2) is 48.5 Å². The Bertz CT molecular complexity index is 994. The van der Waals surface area contributed by atoms with Crippen molar-refractivity contribution in [1.29, 1.82) is 0 Å². The van der Waals surface area contributed by atoms with Gasteiger partial charge in [0.25, 0.3) is 5.91 Å². The summed E-state index contributed by atoms with van der Waals surface area (Å²) in [7, 11) is 0. The molecule has 4 rings (SSSR count). The Morgan fingerprint density at radius 2 is 1.96 bits per heavy atom. The number of hydrogen-bond acceptors (Lipinski definition) is 4. The number of aryl methyl sites for hydroxylation is 1. The highest BCUT2D eigenvalue weighted by Crippen LogP contribution is 2.19. The number of fused-ring (bicyclic) bond motifs is 2. The molecule has 0 bridgehead atoms. The standard InChI is InChI=1S/C20H18N4O/c21-19-18(23-16-7-3-4-8-17(16)24-19)20(25)22-12-13-9-10-14-5-1-2-6-15(14)11-13/h1-3,5-7,9-11H,4,8,12H2,(H2,21,24)(H,22,25). The Labute approximate surface area is 145 Å². The van der Waals surface area contributed by atoms with Crippen LogP contribution in [-0.4, -0.2) is 15.9 Å². The van der Waals surface area contributed by atoms with Crippen molar-refractivity contribution in [1.82, 2.24) is 15.3 Å². The van der Waals surface area contributed by atoms with Crippen molar-refractivity contribution in [2.45, 2.75) is 19.4 Å². The SMILES string of the molecule is Nc1nc2c(nc1C(=O)NCc1ccc3ccccc3c1)C=CCC2. The normalized spacial score (nSPS) is 12.8. The first-order valence-corrected chi connectivity index (χ1v) is 8.29. The molecule has 2 aromatic carbocycles. The summed E-state index contributed by atoms with van der Waals surface area (Å²) in [5.74, 6) is -0.120. The van der Waals surface area contributed by atoms with Gasteiger partial charge in [0.2, 0.25) is 0 Å². The van der Waals surface area contributed by atoms with Gasteiger partial charge in [-0.1, -0.05) is 42.5 Å². The average molecular weight is 330 g/mol. The van der Waals surface area contributed by atoms with Gasteiger partial charge in [-0.25, -0.2) is 9.97 Å². The number of carbonyl (C=O) groups is 1. The lowest BCUT2D eigenvalue weighted by Crippen LogP contribution is -2.26. The zero-order valence-electron chi connectivity index (χ0n) is 13.7. The van der Waals surface area contributed by atoms with Crippen LogP contribution in [0, 0.1) is 0 Å². The number of benzene rings is 2. The summed E-state index contributed by atoms with van der Waals surface area (Å²) in [5.41, 5.74) is 8.73. The fourth-order valence-corrected chi connectivity index (χ4v) is 3.01. The lowest BCUT2D eigenvalue weighted by Gasteiger charge is -2.12. The summed E-state index contributed by atoms with van der Waals surface area (Å²) < 4.78 is 0. The lowest BCUT2D eigenvalue weighted by molar-refractivity contribution is 0.0946. The van der Waals surface area contributed by atoms with Crippen molar-refractivity contribution in [3.05, 3.63) is 71.2 Å². The molecule has 3 aromatic rings. The highest BCUT2D eigenvalue weighted by molar-refractivity contribution is 5.96. The van der Waals surface area contributed by atoms with Gasteiger partial charge in [-0.15, -0.1) is 0 Å². The number of amides is 1. The van der Waals surface area contributed by atoms with Gasteiger partial charge in [-0.3, -0.25) is 4.79 Å². The smallest absolute Gasteiger partial charge is 0.274 e. The van der Waals surface area contributed by atoms with Crippen molar-refractivity contribution in [2.24, 2.45) is 0 Å². The maximum atomic E-state index is 12.5. The summed E-state index contributed by atoms with van der Waals surface area (Å²) in [6, 6.07) is 14.3. The summed E-state index contributed by atoms with van der Waals surface area (Å²) in [5, 5.41) is 5.20. The van der Waals surface area contributed by atoms with E-state index in [4.69, 9.17) is 5.73 Å². The number of anilines is 1. The zero-order valence-corrected chi connectivity index (χ0v) is 13.7. The highest BCUT2D eigenvalue weighted by atomic mass is 16.1. The second kappa shape index (κ2) is 6.36. The molecule has 25 heavy (non-hydrogen) atoms. The molecule has 0 fully saturated rings. The second-order valence-corrected chi connectivity index (χ2v) is 6.09. The quantitative estimate of drug-likeness (QED) is 0.773. The van der Waals surface area contributed by atoms with Crippen LogP contribution in [0.5, 0.6) is 0 Å². The van der Waals surface area contributed by atoms with Crippen LogP contribution in [0.2, 0.25) is 0 Å². The molecule has 1 aliphatic rings. The molecule has 0 saturated carbocycles.